The van der Waals surface area contributed by atoms with E-state index < -0.39 is 11.4 Å². The second-order valence-electron chi connectivity index (χ2n) is 15.5. The highest BCUT2D eigenvalue weighted by molar-refractivity contribution is 6.26. The van der Waals surface area contributed by atoms with Gasteiger partial charge in [-0.2, -0.15) is 0 Å². The van der Waals surface area contributed by atoms with E-state index in [1.807, 2.05) is 0 Å². The van der Waals surface area contributed by atoms with Crippen LogP contribution in [0.25, 0.3) is 0 Å². The fourth-order valence-electron chi connectivity index (χ4n) is 10.2. The third kappa shape index (κ3) is 5.35. The maximum absolute atomic E-state index is 12.8. The van der Waals surface area contributed by atoms with Crippen LogP contribution in [0, 0.1) is 50.7 Å². The lowest BCUT2D eigenvalue weighted by Crippen LogP contribution is -2.61. The zero-order valence-corrected chi connectivity index (χ0v) is 27.2. The highest BCUT2D eigenvalue weighted by Crippen LogP contribution is 2.70. The predicted molar refractivity (Wildman–Crippen MR) is 161 cm³/mol. The summed E-state index contributed by atoms with van der Waals surface area (Å²) in [6.45, 7) is 25.2. The number of ether oxygens (including phenoxy) is 1. The minimum Gasteiger partial charge on any atom is -0.481 e. The average Bonchev–Trinajstić information content (AvgIpc) is 3.19. The first-order valence-corrected chi connectivity index (χ1v) is 16.1. The fourth-order valence-corrected chi connectivity index (χ4v) is 10.3. The number of alkyl halides is 1. The van der Waals surface area contributed by atoms with Crippen molar-refractivity contribution < 1.29 is 19.4 Å². The van der Waals surface area contributed by atoms with E-state index in [9.17, 15) is 14.7 Å². The molecule has 5 heteroatoms. The summed E-state index contributed by atoms with van der Waals surface area (Å²) in [6, 6.07) is 0. The Kier molecular flexibility index (Phi) is 9.44. The van der Waals surface area contributed by atoms with Crippen LogP contribution in [0.3, 0.4) is 0 Å². The van der Waals surface area contributed by atoms with E-state index in [1.165, 1.54) is 6.42 Å². The maximum atomic E-state index is 12.8. The number of hydrogen-bond donors (Lipinski definition) is 1. The molecule has 8 atom stereocenters. The lowest BCUT2D eigenvalue weighted by molar-refractivity contribution is -0.208. The minimum absolute atomic E-state index is 0.00359. The first-order chi connectivity index (χ1) is 17.9. The van der Waals surface area contributed by atoms with E-state index in [1.54, 1.807) is 0 Å². The van der Waals surface area contributed by atoms with Crippen molar-refractivity contribution in [3.8, 4) is 0 Å². The lowest BCUT2D eigenvalue weighted by Gasteiger charge is -2.67. The van der Waals surface area contributed by atoms with E-state index >= 15 is 0 Å². The van der Waals surface area contributed by atoms with E-state index in [2.05, 4.69) is 68.9 Å². The van der Waals surface area contributed by atoms with Crippen LogP contribution in [0.2, 0.25) is 0 Å². The van der Waals surface area contributed by atoms with Crippen LogP contribution in [0.4, 0.5) is 0 Å². The van der Waals surface area contributed by atoms with Crippen molar-refractivity contribution >= 4 is 23.5 Å². The molecule has 3 fully saturated rings. The molecule has 0 aromatic carbocycles. The van der Waals surface area contributed by atoms with Crippen molar-refractivity contribution in [3.63, 3.8) is 0 Å². The number of halogens is 1. The number of rotatable bonds is 10. The van der Waals surface area contributed by atoms with Crippen LogP contribution in [0.5, 0.6) is 0 Å². The van der Waals surface area contributed by atoms with Crippen molar-refractivity contribution in [3.05, 3.63) is 12.2 Å². The zero-order chi connectivity index (χ0) is 29.6. The second kappa shape index (κ2) is 11.3. The first kappa shape index (κ1) is 32.5. The second-order valence-corrected chi connectivity index (χ2v) is 15.7. The molecule has 3 aliphatic carbocycles. The van der Waals surface area contributed by atoms with Gasteiger partial charge in [-0.05, 0) is 105 Å². The van der Waals surface area contributed by atoms with Gasteiger partial charge in [-0.3, -0.25) is 9.59 Å². The van der Waals surface area contributed by atoms with Gasteiger partial charge < -0.3 is 9.84 Å². The molecule has 3 rings (SSSR count). The monoisotopic (exact) mass is 564 g/mol. The summed E-state index contributed by atoms with van der Waals surface area (Å²) >= 11 is 5.80. The summed E-state index contributed by atoms with van der Waals surface area (Å²) in [7, 11) is 0. The van der Waals surface area contributed by atoms with Gasteiger partial charge in [0.25, 0.3) is 0 Å². The number of carbonyl (C=O) groups is 2. The highest BCUT2D eigenvalue weighted by Gasteiger charge is 2.64. The maximum Gasteiger partial charge on any atom is 0.321 e. The number of fused-ring (bicyclic) bond motifs is 1. The molecule has 3 aliphatic rings. The van der Waals surface area contributed by atoms with Crippen molar-refractivity contribution in [2.24, 2.45) is 50.7 Å². The van der Waals surface area contributed by atoms with E-state index in [-0.39, 0.29) is 45.5 Å². The molecule has 0 amide bonds. The van der Waals surface area contributed by atoms with Crippen molar-refractivity contribution in [1.82, 2.24) is 0 Å². The summed E-state index contributed by atoms with van der Waals surface area (Å²) in [4.78, 5) is 25.0. The fraction of sp³-hybridized carbons (Fsp3) is 0.882. The van der Waals surface area contributed by atoms with Gasteiger partial charge in [0.2, 0.25) is 0 Å². The van der Waals surface area contributed by atoms with E-state index in [0.717, 1.165) is 63.4 Å². The van der Waals surface area contributed by atoms with Gasteiger partial charge in [0.15, 0.2) is 0 Å². The van der Waals surface area contributed by atoms with Gasteiger partial charge in [-0.1, -0.05) is 74.0 Å². The number of carbonyl (C=O) groups excluding carboxylic acids is 1. The smallest absolute Gasteiger partial charge is 0.321 e. The number of allylic oxidation sites excluding steroid dienone is 1. The van der Waals surface area contributed by atoms with Gasteiger partial charge >= 0.3 is 11.9 Å². The standard InChI is InChI=1S/C34H57ClO4/c1-11-12-26-32(9)16-15-27(39-28(36)21-35)31(7,8)25(32)14-17-33(26,10)30(5,6)19-20-34(29(37)38)18-13-24(22(2)3)23(34)4/h23-27H,2,11-21H2,1,3-10H3,(H,37,38)/t23?,24-,25?,26?,27-,32-,33+,34-/m0/s1. The van der Waals surface area contributed by atoms with Crippen LogP contribution in [0.1, 0.15) is 127 Å². The summed E-state index contributed by atoms with van der Waals surface area (Å²) in [5, 5.41) is 10.5. The van der Waals surface area contributed by atoms with E-state index in [0.29, 0.717) is 17.8 Å². The molecule has 0 aliphatic heterocycles. The molecule has 224 valence electrons. The van der Waals surface area contributed by atoms with Gasteiger partial charge in [0.1, 0.15) is 12.0 Å². The molecule has 39 heavy (non-hydrogen) atoms. The Balaban J connectivity index is 1.91. The number of carboxylic acids is 1. The molecule has 4 nitrogen and oxygen atoms in total. The largest absolute Gasteiger partial charge is 0.481 e. The Bertz CT molecular complexity index is 939. The van der Waals surface area contributed by atoms with Gasteiger partial charge in [0, 0.05) is 5.41 Å². The lowest BCUT2D eigenvalue weighted by atomic mass is 9.38. The third-order valence-corrected chi connectivity index (χ3v) is 13.3. The summed E-state index contributed by atoms with van der Waals surface area (Å²) in [6.07, 6.45) is 9.71. The average molecular weight is 565 g/mol. The van der Waals surface area contributed by atoms with Crippen LogP contribution < -0.4 is 0 Å². The number of carboxylic acid groups (broad SMARTS) is 1. The number of aliphatic carboxylic acids is 1. The Morgan fingerprint density at radius 3 is 2.23 bits per heavy atom. The first-order valence-electron chi connectivity index (χ1n) is 15.6. The molecule has 3 unspecified atom stereocenters. The highest BCUT2D eigenvalue weighted by atomic mass is 35.5. The Morgan fingerprint density at radius 1 is 1.08 bits per heavy atom. The summed E-state index contributed by atoms with van der Waals surface area (Å²) in [5.74, 6) is 0.374. The SMILES string of the molecule is C=C(C)[C@@H]1CC[C@@](CCC(C)(C)[C@]2(C)CCC3C(C)(C)[C@@H](OC(=O)CCl)CC[C@]3(C)C2CCC)(C(=O)O)C1C. The minimum atomic E-state index is -0.662. The zero-order valence-electron chi connectivity index (χ0n) is 26.4. The Labute approximate surface area is 244 Å². The Morgan fingerprint density at radius 2 is 1.72 bits per heavy atom. The van der Waals surface area contributed by atoms with Gasteiger partial charge in [-0.15, -0.1) is 11.6 Å². The Hall–Kier alpha value is -1.03. The molecule has 0 spiro atoms. The molecular formula is C34H57ClO4. The normalized spacial score (nSPS) is 40.1. The molecule has 3 saturated carbocycles. The van der Waals surface area contributed by atoms with Gasteiger partial charge in [-0.25, -0.2) is 0 Å². The molecular weight excluding hydrogens is 508 g/mol. The molecule has 0 radical (unpaired) electrons. The van der Waals surface area contributed by atoms with Crippen molar-refractivity contribution in [2.75, 3.05) is 5.88 Å². The molecule has 0 aromatic heterocycles. The number of hydrogen-bond acceptors (Lipinski definition) is 3. The topological polar surface area (TPSA) is 63.6 Å². The molecule has 0 saturated heterocycles. The summed E-state index contributed by atoms with van der Waals surface area (Å²) < 4.78 is 5.90. The van der Waals surface area contributed by atoms with E-state index in [4.69, 9.17) is 16.3 Å². The molecule has 0 heterocycles. The predicted octanol–water partition coefficient (Wildman–Crippen LogP) is 9.30. The van der Waals surface area contributed by atoms with Crippen LogP contribution in [-0.4, -0.2) is 29.0 Å². The van der Waals surface area contributed by atoms with Crippen molar-refractivity contribution in [2.45, 2.75) is 133 Å². The van der Waals surface area contributed by atoms with Crippen LogP contribution >= 0.6 is 11.6 Å². The summed E-state index contributed by atoms with van der Waals surface area (Å²) in [5.41, 5.74) is 0.585. The van der Waals surface area contributed by atoms with Gasteiger partial charge in [0.05, 0.1) is 5.41 Å². The molecule has 1 N–H and O–H groups in total. The molecule has 0 bridgehead atoms. The molecule has 0 aromatic rings. The van der Waals surface area contributed by atoms with Crippen LogP contribution in [0.15, 0.2) is 12.2 Å². The third-order valence-electron chi connectivity index (χ3n) is 13.1. The van der Waals surface area contributed by atoms with Crippen molar-refractivity contribution in [1.29, 1.82) is 0 Å². The van der Waals surface area contributed by atoms with Crippen LogP contribution in [-0.2, 0) is 14.3 Å². The quantitative estimate of drug-likeness (QED) is 0.163. The number of esters is 1.